The third-order valence-corrected chi connectivity index (χ3v) is 14.4. The molecule has 9 amide bonds. The van der Waals surface area contributed by atoms with Gasteiger partial charge in [0.25, 0.3) is 5.91 Å². The molecule has 1 aliphatic heterocycles. The number of aliphatic hydroxyl groups excluding tert-OH is 4. The van der Waals surface area contributed by atoms with Crippen LogP contribution in [0.15, 0.2) is 36.0 Å². The maximum atomic E-state index is 14.3. The van der Waals surface area contributed by atoms with E-state index in [0.717, 1.165) is 52.0 Å². The number of carbonyl (C=O) groups excluding carboxylic acids is 10. The maximum Gasteiger partial charge on any atom is 0.335 e. The molecule has 90 heavy (non-hydrogen) atoms. The highest BCUT2D eigenvalue weighted by Crippen LogP contribution is 2.23. The Hall–Kier alpha value is -7.59. The lowest BCUT2D eigenvalue weighted by atomic mass is 10.0. The lowest BCUT2D eigenvalue weighted by molar-refractivity contribution is -0.155. The predicted molar refractivity (Wildman–Crippen MR) is 322 cm³/mol. The fraction of sp³-hybridized carbons (Fsp3) is 0.649. The van der Waals surface area contributed by atoms with Crippen LogP contribution in [0, 0.1) is 0 Å². The van der Waals surface area contributed by atoms with E-state index in [4.69, 9.17) is 38.3 Å². The maximum absolute atomic E-state index is 14.3. The largest absolute Gasteiger partial charge is 0.494 e. The van der Waals surface area contributed by atoms with E-state index in [0.29, 0.717) is 12.4 Å². The first-order chi connectivity index (χ1) is 42.8. The zero-order valence-corrected chi connectivity index (χ0v) is 51.6. The number of allylic oxidation sites excluding steroid dienone is 1. The molecule has 32 nitrogen and oxygen atoms in total. The lowest BCUT2D eigenvalue weighted by Gasteiger charge is -2.28. The number of aliphatic hydroxyl groups is 4. The van der Waals surface area contributed by atoms with Crippen LogP contribution in [-0.2, 0) is 62.3 Å². The summed E-state index contributed by atoms with van der Waals surface area (Å²) < 4.78 is 11.2. The number of halogens is 1. The average molecular weight is 1300 g/mol. The second-order valence-electron chi connectivity index (χ2n) is 21.4. The third-order valence-electron chi connectivity index (χ3n) is 14.0. The molecule has 1 aromatic carbocycles. The number of amides is 9. The summed E-state index contributed by atoms with van der Waals surface area (Å²) in [6.07, 6.45) is -0.137. The molecule has 1 fully saturated rings. The van der Waals surface area contributed by atoms with Gasteiger partial charge in [0.2, 0.25) is 47.3 Å². The summed E-state index contributed by atoms with van der Waals surface area (Å²) in [4.78, 5) is 164. The Morgan fingerprint density at radius 1 is 0.667 bits per heavy atom. The number of esters is 1. The average Bonchev–Trinajstić information content (AvgIpc) is 1.57. The molecule has 2 rings (SSSR count). The number of unbranched alkanes of at least 4 members (excludes halogenated alkanes) is 9. The first-order valence-electron chi connectivity index (χ1n) is 29.9. The summed E-state index contributed by atoms with van der Waals surface area (Å²) in [6, 6.07) is -9.85. The highest BCUT2D eigenvalue weighted by atomic mass is 35.5. The minimum atomic E-state index is -2.85. The Labute approximate surface area is 526 Å². The van der Waals surface area contributed by atoms with Crippen molar-refractivity contribution in [3.05, 3.63) is 41.6 Å². The minimum Gasteiger partial charge on any atom is -0.494 e. The molecule has 3 unspecified atom stereocenters. The fourth-order valence-corrected chi connectivity index (χ4v) is 9.11. The molecule has 1 heterocycles. The summed E-state index contributed by atoms with van der Waals surface area (Å²) in [5.74, 6) is -17.7. The van der Waals surface area contributed by atoms with Crippen LogP contribution in [0.5, 0.6) is 5.75 Å². The molecule has 1 aliphatic rings. The van der Waals surface area contributed by atoms with Gasteiger partial charge >= 0.3 is 17.9 Å². The summed E-state index contributed by atoms with van der Waals surface area (Å²) in [7, 11) is 0. The molecule has 0 aliphatic carbocycles. The van der Waals surface area contributed by atoms with E-state index in [1.807, 2.05) is 10.6 Å². The molecule has 0 aromatic heterocycles. The predicted octanol–water partition coefficient (Wildman–Crippen LogP) is -3.80. The molecule has 1 saturated heterocycles. The van der Waals surface area contributed by atoms with Gasteiger partial charge in [-0.2, -0.15) is 0 Å². The van der Waals surface area contributed by atoms with Crippen LogP contribution >= 0.6 is 11.6 Å². The van der Waals surface area contributed by atoms with Gasteiger partial charge in [0, 0.05) is 0 Å². The van der Waals surface area contributed by atoms with Crippen LogP contribution in [0.1, 0.15) is 135 Å². The van der Waals surface area contributed by atoms with E-state index in [1.54, 1.807) is 12.1 Å². The van der Waals surface area contributed by atoms with E-state index in [-0.39, 0.29) is 50.9 Å². The Morgan fingerprint density at radius 3 is 1.76 bits per heavy atom. The number of cyclic esters (lactones) is 1. The quantitative estimate of drug-likeness (QED) is 0.0152. The lowest BCUT2D eigenvalue weighted by Crippen LogP contribution is -2.62. The molecule has 0 radical (unpaired) electrons. The molecular formula is C57H91ClN12O20. The Morgan fingerprint density at radius 2 is 1.21 bits per heavy atom. The SMILES string of the molecule is C/C=C1\NC(=O)C([C@H](C)O)NC(=O)[C@H](CCN)NC(=O)[C@H](CCCCN)NC(=O)[C@H](CC(=O)O)NC(=O)[C@@H](CCN)NC(=O)[C@@H](NC(=O)C[C@H](O)c2cccc(OCCCCCCCCCCC)c2)COC(=O)[C@H](C(O)CCl)NC(=O)C([C@H](O)C(=O)O)NC1=O. The normalized spacial score (nSPS) is 23.5. The third kappa shape index (κ3) is 28.1. The molecule has 0 spiro atoms. The molecular weight excluding hydrogens is 1210 g/mol. The minimum absolute atomic E-state index is 0.114. The van der Waals surface area contributed by atoms with E-state index < -0.39 is 181 Å². The first kappa shape index (κ1) is 78.5. The number of benzene rings is 1. The van der Waals surface area contributed by atoms with Gasteiger partial charge in [-0.1, -0.05) is 76.5 Å². The summed E-state index contributed by atoms with van der Waals surface area (Å²) in [5.41, 5.74) is 16.7. The van der Waals surface area contributed by atoms with Crippen LogP contribution in [0.3, 0.4) is 0 Å². The topological polar surface area (TPSA) is 531 Å². The number of carbonyl (C=O) groups is 12. The Bertz CT molecular complexity index is 2580. The van der Waals surface area contributed by atoms with Gasteiger partial charge in [-0.05, 0) is 89.7 Å². The molecule has 12 atom stereocenters. The second-order valence-corrected chi connectivity index (χ2v) is 21.7. The Kier molecular flexibility index (Phi) is 37.0. The summed E-state index contributed by atoms with van der Waals surface area (Å²) in [5, 5.41) is 82.9. The Balaban J connectivity index is 2.75. The molecule has 33 heteroatoms. The zero-order chi connectivity index (χ0) is 67.5. The number of hydrogen-bond acceptors (Lipinski definition) is 21. The second kappa shape index (κ2) is 42.4. The number of aliphatic carboxylic acids is 2. The van der Waals surface area contributed by atoms with Crippen LogP contribution in [0.4, 0.5) is 0 Å². The number of nitrogens with one attached hydrogen (secondary N) is 9. The summed E-state index contributed by atoms with van der Waals surface area (Å²) >= 11 is 5.89. The van der Waals surface area contributed by atoms with E-state index in [2.05, 4.69) is 44.1 Å². The van der Waals surface area contributed by atoms with Gasteiger partial charge in [0.1, 0.15) is 60.3 Å². The van der Waals surface area contributed by atoms with Crippen LogP contribution in [-0.4, -0.2) is 207 Å². The standard InChI is InChI=1S/C57H91ClN12O20/c1-4-6-7-8-9-10-11-12-15-25-89-33-18-16-17-32(26-33)40(72)28-42(74)62-39-30-90-57(88)45(41(73)29-58)69-55(85)46(47(77)56(86)87)70-48(78)34(5-2)63-54(84)44(31(3)71)68-51(81)37(21-24-61)65-49(79)35(19-13-14-22-59)64-52(82)38(27-43(75)76)67-50(80)36(20-23-60)66-53(39)83/h5,16-18,26,31,35-41,44-47,71-73,77H,4,6-15,19-25,27-30,59-61H2,1-3H3,(H,62,74)(H,63,84)(H,64,82)(H,65,79)(H,66,83)(H,67,80)(H,68,81)(H,69,85)(H,70,78)(H,75,76)(H,86,87)/b34-5-/t31-,35-,36+,37-,38-,39-,40-,41?,44?,45-,46?,47-/m0/s1. The number of rotatable bonds is 30. The van der Waals surface area contributed by atoms with Crippen molar-refractivity contribution in [2.24, 2.45) is 17.2 Å². The number of ether oxygens (including phenoxy) is 2. The number of carboxylic acid groups (broad SMARTS) is 2. The van der Waals surface area contributed by atoms with Crippen LogP contribution in [0.2, 0.25) is 0 Å². The molecule has 1 aromatic rings. The smallest absolute Gasteiger partial charge is 0.335 e. The van der Waals surface area contributed by atoms with Gasteiger partial charge in [-0.3, -0.25) is 47.9 Å². The van der Waals surface area contributed by atoms with Crippen LogP contribution in [0.25, 0.3) is 0 Å². The number of hydrogen-bond donors (Lipinski definition) is 18. The zero-order valence-electron chi connectivity index (χ0n) is 50.9. The van der Waals surface area contributed by atoms with Crippen molar-refractivity contribution in [1.29, 1.82) is 0 Å². The van der Waals surface area contributed by atoms with Gasteiger partial charge in [0.05, 0.1) is 43.6 Å². The summed E-state index contributed by atoms with van der Waals surface area (Å²) in [6.45, 7) is 2.92. The molecule has 0 bridgehead atoms. The van der Waals surface area contributed by atoms with E-state index >= 15 is 0 Å². The van der Waals surface area contributed by atoms with Crippen molar-refractivity contribution in [1.82, 2.24) is 47.9 Å². The van der Waals surface area contributed by atoms with Crippen molar-refractivity contribution in [3.8, 4) is 5.75 Å². The van der Waals surface area contributed by atoms with Crippen molar-refractivity contribution in [2.75, 3.05) is 38.7 Å². The molecule has 506 valence electrons. The van der Waals surface area contributed by atoms with Gasteiger partial charge in [-0.25, -0.2) is 9.59 Å². The van der Waals surface area contributed by atoms with Gasteiger partial charge in [0.15, 0.2) is 12.1 Å². The van der Waals surface area contributed by atoms with E-state index in [1.165, 1.54) is 37.8 Å². The monoisotopic (exact) mass is 1300 g/mol. The van der Waals surface area contributed by atoms with Crippen molar-refractivity contribution >= 4 is 82.7 Å². The fourth-order valence-electron chi connectivity index (χ4n) is 8.93. The van der Waals surface area contributed by atoms with Crippen LogP contribution < -0.4 is 69.8 Å². The van der Waals surface area contributed by atoms with Crippen molar-refractivity contribution in [3.63, 3.8) is 0 Å². The first-order valence-corrected chi connectivity index (χ1v) is 30.4. The molecule has 0 saturated carbocycles. The highest BCUT2D eigenvalue weighted by Gasteiger charge is 2.41. The van der Waals surface area contributed by atoms with Crippen molar-refractivity contribution in [2.45, 2.75) is 196 Å². The van der Waals surface area contributed by atoms with Gasteiger partial charge < -0.3 is 105 Å². The number of alkyl halides is 1. The number of nitrogens with two attached hydrogens (primary N) is 3. The number of carboxylic acids is 2. The molecule has 21 N–H and O–H groups in total. The van der Waals surface area contributed by atoms with E-state index in [9.17, 15) is 88.2 Å². The highest BCUT2D eigenvalue weighted by molar-refractivity contribution is 6.18. The van der Waals surface area contributed by atoms with Gasteiger partial charge in [-0.15, -0.1) is 11.6 Å². The van der Waals surface area contributed by atoms with Crippen molar-refractivity contribution < 1.29 is 97.6 Å².